The number of hydrogen-bond donors (Lipinski definition) is 1. The van der Waals surface area contributed by atoms with Crippen LogP contribution in [0.1, 0.15) is 32.4 Å². The maximum Gasteiger partial charge on any atom is 0.0725 e. The third kappa shape index (κ3) is 6.67. The summed E-state index contributed by atoms with van der Waals surface area (Å²) < 4.78 is 1.64. The standard InChI is InChI=1S/C5H13N.C3H6N3P/c1-3-4-5(2)6;1-3-2-4-5-6(3)7/h5H,3-4,6H2,1-2H3;2H,7H2,1H3. The Balaban J connectivity index is 0.000000226. The van der Waals surface area contributed by atoms with Crippen LogP contribution in [0.2, 0.25) is 0 Å². The van der Waals surface area contributed by atoms with Crippen LogP contribution in [0.25, 0.3) is 0 Å². The lowest BCUT2D eigenvalue weighted by atomic mass is 10.2. The first-order valence-corrected chi connectivity index (χ1v) is 4.97. The third-order valence-corrected chi connectivity index (χ3v) is 2.01. The molecule has 2 unspecified atom stereocenters. The van der Waals surface area contributed by atoms with Gasteiger partial charge in [0.1, 0.15) is 0 Å². The highest BCUT2D eigenvalue weighted by atomic mass is 31.0. The SMILES string of the molecule is CCCC(C)N.Cc1cnnn1P. The second kappa shape index (κ2) is 6.98. The van der Waals surface area contributed by atoms with E-state index in [-0.39, 0.29) is 0 Å². The van der Waals surface area contributed by atoms with Gasteiger partial charge in [0.15, 0.2) is 0 Å². The van der Waals surface area contributed by atoms with Gasteiger partial charge in [0.2, 0.25) is 0 Å². The molecule has 0 radical (unpaired) electrons. The Labute approximate surface area is 82.1 Å². The molecule has 0 aliphatic rings. The van der Waals surface area contributed by atoms with Gasteiger partial charge in [0.05, 0.1) is 11.9 Å². The summed E-state index contributed by atoms with van der Waals surface area (Å²) in [7, 11) is 2.42. The lowest BCUT2D eigenvalue weighted by molar-refractivity contribution is 0.653. The van der Waals surface area contributed by atoms with Crippen molar-refractivity contribution in [2.24, 2.45) is 5.73 Å². The molecule has 0 spiro atoms. The summed E-state index contributed by atoms with van der Waals surface area (Å²) in [5.74, 6) is 0. The number of rotatable bonds is 2. The molecule has 1 rings (SSSR count). The summed E-state index contributed by atoms with van der Waals surface area (Å²) in [5.41, 5.74) is 6.45. The summed E-state index contributed by atoms with van der Waals surface area (Å²) in [6.07, 6.45) is 4.06. The average Bonchev–Trinajstić information content (AvgIpc) is 2.37. The number of hydrogen-bond acceptors (Lipinski definition) is 3. The molecule has 0 saturated heterocycles. The molecule has 1 heterocycles. The van der Waals surface area contributed by atoms with Crippen LogP contribution in [0, 0.1) is 6.92 Å². The Morgan fingerprint density at radius 1 is 1.69 bits per heavy atom. The van der Waals surface area contributed by atoms with E-state index >= 15 is 0 Å². The number of nitrogens with two attached hydrogens (primary N) is 1. The normalized spacial score (nSPS) is 11.8. The Hall–Kier alpha value is -0.470. The molecule has 2 atom stereocenters. The van der Waals surface area contributed by atoms with Crippen molar-refractivity contribution in [3.63, 3.8) is 0 Å². The van der Waals surface area contributed by atoms with E-state index in [4.69, 9.17) is 5.73 Å². The molecule has 1 aromatic heterocycles. The summed E-state index contributed by atoms with van der Waals surface area (Å²) >= 11 is 0. The van der Waals surface area contributed by atoms with Crippen LogP contribution in [-0.4, -0.2) is 20.8 Å². The van der Waals surface area contributed by atoms with Gasteiger partial charge in [-0.15, -0.1) is 5.10 Å². The molecule has 0 saturated carbocycles. The minimum Gasteiger partial charge on any atom is -0.328 e. The van der Waals surface area contributed by atoms with E-state index in [1.807, 2.05) is 13.8 Å². The lowest BCUT2D eigenvalue weighted by Crippen LogP contribution is -2.13. The molecule has 0 fully saturated rings. The summed E-state index contributed by atoms with van der Waals surface area (Å²) in [5, 5.41) is 7.26. The van der Waals surface area contributed by atoms with Crippen molar-refractivity contribution in [2.75, 3.05) is 0 Å². The molecule has 1 aromatic rings. The highest BCUT2D eigenvalue weighted by molar-refractivity contribution is 7.14. The first-order chi connectivity index (χ1) is 6.07. The summed E-state index contributed by atoms with van der Waals surface area (Å²) in [4.78, 5) is 0. The molecule has 0 aliphatic heterocycles. The van der Waals surface area contributed by atoms with Gasteiger partial charge < -0.3 is 5.73 Å². The van der Waals surface area contributed by atoms with Crippen molar-refractivity contribution in [3.05, 3.63) is 11.9 Å². The largest absolute Gasteiger partial charge is 0.328 e. The van der Waals surface area contributed by atoms with Gasteiger partial charge in [-0.2, -0.15) is 0 Å². The van der Waals surface area contributed by atoms with Crippen LogP contribution < -0.4 is 5.73 Å². The predicted octanol–water partition coefficient (Wildman–Crippen LogP) is 1.36. The van der Waals surface area contributed by atoms with E-state index in [1.54, 1.807) is 10.6 Å². The Kier molecular flexibility index (Phi) is 6.73. The maximum atomic E-state index is 5.40. The minimum absolute atomic E-state index is 0.398. The fourth-order valence-corrected chi connectivity index (χ4v) is 0.876. The molecule has 2 N–H and O–H groups in total. The highest BCUT2D eigenvalue weighted by Crippen LogP contribution is 1.94. The fraction of sp³-hybridized carbons (Fsp3) is 0.750. The van der Waals surface area contributed by atoms with E-state index in [0.717, 1.165) is 12.1 Å². The van der Waals surface area contributed by atoms with Crippen LogP contribution in [0.3, 0.4) is 0 Å². The number of aryl methyl sites for hydroxylation is 1. The van der Waals surface area contributed by atoms with E-state index in [2.05, 4.69) is 26.6 Å². The second-order valence-electron chi connectivity index (χ2n) is 3.09. The summed E-state index contributed by atoms with van der Waals surface area (Å²) in [6, 6.07) is 0.398. The molecule has 13 heavy (non-hydrogen) atoms. The lowest BCUT2D eigenvalue weighted by Gasteiger charge is -1.96. The van der Waals surface area contributed by atoms with Crippen molar-refractivity contribution < 1.29 is 0 Å². The zero-order chi connectivity index (χ0) is 10.3. The molecule has 76 valence electrons. The van der Waals surface area contributed by atoms with Gasteiger partial charge in [-0.3, -0.25) is 0 Å². The van der Waals surface area contributed by atoms with E-state index in [1.165, 1.54) is 6.42 Å². The van der Waals surface area contributed by atoms with Crippen molar-refractivity contribution in [3.8, 4) is 0 Å². The van der Waals surface area contributed by atoms with Crippen molar-refractivity contribution in [1.29, 1.82) is 0 Å². The van der Waals surface area contributed by atoms with Gasteiger partial charge in [-0.25, -0.2) is 4.45 Å². The third-order valence-electron chi connectivity index (χ3n) is 1.50. The molecular formula is C8H19N4P. The first-order valence-electron chi connectivity index (χ1n) is 4.45. The number of aromatic nitrogens is 3. The van der Waals surface area contributed by atoms with E-state index < -0.39 is 0 Å². The molecule has 0 aromatic carbocycles. The van der Waals surface area contributed by atoms with Gasteiger partial charge in [0.25, 0.3) is 0 Å². The zero-order valence-corrected chi connectivity index (χ0v) is 9.72. The Morgan fingerprint density at radius 3 is 2.38 bits per heavy atom. The van der Waals surface area contributed by atoms with Crippen LogP contribution in [-0.2, 0) is 0 Å². The summed E-state index contributed by atoms with van der Waals surface area (Å²) in [6.45, 7) is 6.11. The van der Waals surface area contributed by atoms with Gasteiger partial charge in [-0.05, 0) is 29.7 Å². The topological polar surface area (TPSA) is 56.7 Å². The quantitative estimate of drug-likeness (QED) is 0.737. The molecule has 0 bridgehead atoms. The molecule has 0 aliphatic carbocycles. The average molecular weight is 202 g/mol. The van der Waals surface area contributed by atoms with Crippen LogP contribution in [0.5, 0.6) is 0 Å². The van der Waals surface area contributed by atoms with Gasteiger partial charge >= 0.3 is 0 Å². The van der Waals surface area contributed by atoms with Crippen LogP contribution in [0.15, 0.2) is 6.20 Å². The van der Waals surface area contributed by atoms with E-state index in [9.17, 15) is 0 Å². The van der Waals surface area contributed by atoms with Gasteiger partial charge in [0, 0.05) is 6.04 Å². The Morgan fingerprint density at radius 2 is 2.31 bits per heavy atom. The highest BCUT2D eigenvalue weighted by Gasteiger charge is 1.86. The van der Waals surface area contributed by atoms with Crippen LogP contribution in [0.4, 0.5) is 0 Å². The minimum atomic E-state index is 0.398. The molecular weight excluding hydrogens is 183 g/mol. The number of nitrogens with zero attached hydrogens (tertiary/aromatic N) is 3. The maximum absolute atomic E-state index is 5.40. The monoisotopic (exact) mass is 202 g/mol. The Bertz CT molecular complexity index is 205. The zero-order valence-electron chi connectivity index (χ0n) is 8.57. The first kappa shape index (κ1) is 12.5. The van der Waals surface area contributed by atoms with Crippen molar-refractivity contribution >= 4 is 9.39 Å². The van der Waals surface area contributed by atoms with E-state index in [0.29, 0.717) is 6.04 Å². The second-order valence-corrected chi connectivity index (χ2v) is 3.58. The smallest absolute Gasteiger partial charge is 0.0725 e. The van der Waals surface area contributed by atoms with Crippen molar-refractivity contribution in [2.45, 2.75) is 39.7 Å². The fourth-order valence-electron chi connectivity index (χ4n) is 0.750. The van der Waals surface area contributed by atoms with Crippen LogP contribution >= 0.6 is 9.39 Å². The molecule has 5 heteroatoms. The van der Waals surface area contributed by atoms with Gasteiger partial charge in [-0.1, -0.05) is 18.6 Å². The van der Waals surface area contributed by atoms with Crippen molar-refractivity contribution in [1.82, 2.24) is 14.8 Å². The molecule has 4 nitrogen and oxygen atoms in total. The predicted molar refractivity (Wildman–Crippen MR) is 58.4 cm³/mol. The molecule has 0 amide bonds.